The summed E-state index contributed by atoms with van der Waals surface area (Å²) in [6.07, 6.45) is 2.02. The first-order chi connectivity index (χ1) is 17.5. The van der Waals surface area contributed by atoms with Gasteiger partial charge in [-0.3, -0.25) is 14.4 Å². The molecule has 0 atom stereocenters. The SMILES string of the molecule is CC1(C)CC(=O)C2=C(C1)OC1=C(C(=O)CC(C)(C)C1)C2c1ccccc1OCC(=O)Nc1ccccc1. The predicted octanol–water partition coefficient (Wildman–Crippen LogP) is 6.10. The molecule has 1 N–H and O–H groups in total. The molecule has 1 aliphatic heterocycles. The van der Waals surface area contributed by atoms with Crippen molar-refractivity contribution in [3.8, 4) is 5.75 Å². The summed E-state index contributed by atoms with van der Waals surface area (Å²) in [7, 11) is 0. The first kappa shape index (κ1) is 25.0. The van der Waals surface area contributed by atoms with Gasteiger partial charge in [-0.2, -0.15) is 0 Å². The molecule has 6 nitrogen and oxygen atoms in total. The summed E-state index contributed by atoms with van der Waals surface area (Å²) in [5, 5.41) is 2.82. The van der Waals surface area contributed by atoms with E-state index in [-0.39, 0.29) is 34.9 Å². The van der Waals surface area contributed by atoms with Gasteiger partial charge >= 0.3 is 0 Å². The molecule has 3 aliphatic rings. The number of benzene rings is 2. The third-order valence-corrected chi connectivity index (χ3v) is 7.23. The second-order valence-electron chi connectivity index (χ2n) is 11.8. The Bertz CT molecular complexity index is 1280. The van der Waals surface area contributed by atoms with Crippen LogP contribution in [-0.2, 0) is 19.1 Å². The van der Waals surface area contributed by atoms with Gasteiger partial charge in [0, 0.05) is 48.1 Å². The van der Waals surface area contributed by atoms with E-state index < -0.39 is 5.92 Å². The number of ketones is 2. The smallest absolute Gasteiger partial charge is 0.262 e. The second kappa shape index (κ2) is 9.33. The quantitative estimate of drug-likeness (QED) is 0.537. The highest BCUT2D eigenvalue weighted by Gasteiger charge is 2.48. The summed E-state index contributed by atoms with van der Waals surface area (Å²) in [5.74, 6) is 0.929. The molecule has 0 spiro atoms. The Balaban J connectivity index is 1.52. The number of amides is 1. The first-order valence-corrected chi connectivity index (χ1v) is 12.8. The number of rotatable bonds is 5. The van der Waals surface area contributed by atoms with E-state index in [0.717, 1.165) is 0 Å². The Labute approximate surface area is 217 Å². The van der Waals surface area contributed by atoms with Crippen molar-refractivity contribution in [1.82, 2.24) is 0 Å². The molecular formula is C31H33NO5. The Kier molecular flexibility index (Phi) is 6.30. The largest absolute Gasteiger partial charge is 0.483 e. The van der Waals surface area contributed by atoms with Crippen LogP contribution in [0.2, 0.25) is 0 Å². The Hall–Kier alpha value is -3.67. The third-order valence-electron chi connectivity index (χ3n) is 7.23. The number of allylic oxidation sites excluding steroid dienone is 4. The summed E-state index contributed by atoms with van der Waals surface area (Å²) in [4.78, 5) is 39.7. The van der Waals surface area contributed by atoms with Crippen molar-refractivity contribution in [1.29, 1.82) is 0 Å². The average molecular weight is 500 g/mol. The van der Waals surface area contributed by atoms with E-state index in [1.54, 1.807) is 6.07 Å². The molecule has 5 rings (SSSR count). The van der Waals surface area contributed by atoms with Gasteiger partial charge in [0.1, 0.15) is 17.3 Å². The fourth-order valence-electron chi connectivity index (χ4n) is 5.70. The van der Waals surface area contributed by atoms with E-state index in [1.165, 1.54) is 0 Å². The van der Waals surface area contributed by atoms with Crippen LogP contribution in [0.25, 0.3) is 0 Å². The van der Waals surface area contributed by atoms with Gasteiger partial charge in [0.25, 0.3) is 5.91 Å². The number of ether oxygens (including phenoxy) is 2. The molecule has 0 radical (unpaired) electrons. The summed E-state index contributed by atoms with van der Waals surface area (Å²) in [6.45, 7) is 8.06. The van der Waals surface area contributed by atoms with Crippen molar-refractivity contribution in [2.45, 2.75) is 59.3 Å². The monoisotopic (exact) mass is 499 g/mol. The lowest BCUT2D eigenvalue weighted by atomic mass is 9.65. The van der Waals surface area contributed by atoms with Crippen LogP contribution in [0, 0.1) is 10.8 Å². The molecule has 0 bridgehead atoms. The number of Topliss-reactive ketones (excluding diaryl/α,β-unsaturated/α-hetero) is 2. The standard InChI is InChI=1S/C31H33NO5/c1-30(2)14-21(33)28-24(16-30)37-25-17-31(3,4)15-22(34)29(25)27(28)20-12-8-9-13-23(20)36-18-26(35)32-19-10-6-5-7-11-19/h5-13,27H,14-18H2,1-4H3,(H,32,35). The number of nitrogens with one attached hydrogen (secondary N) is 1. The maximum absolute atomic E-state index is 13.5. The van der Waals surface area contributed by atoms with Crippen molar-refractivity contribution in [3.63, 3.8) is 0 Å². The van der Waals surface area contributed by atoms with Crippen molar-refractivity contribution in [3.05, 3.63) is 82.8 Å². The number of hydrogen-bond donors (Lipinski definition) is 1. The molecule has 0 fully saturated rings. The molecule has 37 heavy (non-hydrogen) atoms. The zero-order valence-corrected chi connectivity index (χ0v) is 21.9. The Morgan fingerprint density at radius 2 is 1.38 bits per heavy atom. The number of para-hydroxylation sites is 2. The van der Waals surface area contributed by atoms with Crippen LogP contribution in [0.1, 0.15) is 64.9 Å². The van der Waals surface area contributed by atoms with E-state index in [4.69, 9.17) is 9.47 Å². The molecule has 192 valence electrons. The lowest BCUT2D eigenvalue weighted by Crippen LogP contribution is -2.37. The van der Waals surface area contributed by atoms with Crippen molar-refractivity contribution in [2.75, 3.05) is 11.9 Å². The highest BCUT2D eigenvalue weighted by molar-refractivity contribution is 6.06. The zero-order valence-electron chi connectivity index (χ0n) is 21.9. The van der Waals surface area contributed by atoms with Crippen LogP contribution in [0.4, 0.5) is 5.69 Å². The van der Waals surface area contributed by atoms with E-state index in [9.17, 15) is 14.4 Å². The highest BCUT2D eigenvalue weighted by atomic mass is 16.5. The third kappa shape index (κ3) is 5.10. The summed E-state index contributed by atoms with van der Waals surface area (Å²) in [6, 6.07) is 16.6. The topological polar surface area (TPSA) is 81.7 Å². The molecule has 2 aromatic rings. The fraction of sp³-hybridized carbons (Fsp3) is 0.387. The van der Waals surface area contributed by atoms with Crippen LogP contribution in [0.15, 0.2) is 77.3 Å². The minimum atomic E-state index is -0.570. The van der Waals surface area contributed by atoms with E-state index in [2.05, 4.69) is 33.0 Å². The van der Waals surface area contributed by atoms with Gasteiger partial charge in [0.2, 0.25) is 0 Å². The molecule has 1 heterocycles. The highest BCUT2D eigenvalue weighted by Crippen LogP contribution is 2.54. The molecule has 6 heteroatoms. The van der Waals surface area contributed by atoms with Crippen LogP contribution in [0.5, 0.6) is 5.75 Å². The summed E-state index contributed by atoms with van der Waals surface area (Å²) in [5.41, 5.74) is 2.05. The predicted molar refractivity (Wildman–Crippen MR) is 141 cm³/mol. The van der Waals surface area contributed by atoms with Gasteiger partial charge in [0.05, 0.1) is 5.92 Å². The van der Waals surface area contributed by atoms with Crippen LogP contribution >= 0.6 is 0 Å². The molecule has 2 aromatic carbocycles. The van der Waals surface area contributed by atoms with Crippen LogP contribution in [0.3, 0.4) is 0 Å². The minimum absolute atomic E-state index is 0.00272. The van der Waals surface area contributed by atoms with Crippen molar-refractivity contribution in [2.24, 2.45) is 10.8 Å². The van der Waals surface area contributed by atoms with Crippen molar-refractivity contribution >= 4 is 23.2 Å². The van der Waals surface area contributed by atoms with Crippen LogP contribution < -0.4 is 10.1 Å². The number of anilines is 1. The first-order valence-electron chi connectivity index (χ1n) is 12.8. The van der Waals surface area contributed by atoms with E-state index in [1.807, 2.05) is 48.5 Å². The lowest BCUT2D eigenvalue weighted by Gasteiger charge is -2.43. The minimum Gasteiger partial charge on any atom is -0.483 e. The second-order valence-corrected chi connectivity index (χ2v) is 11.8. The summed E-state index contributed by atoms with van der Waals surface area (Å²) >= 11 is 0. The summed E-state index contributed by atoms with van der Waals surface area (Å²) < 4.78 is 12.4. The number of carbonyl (C=O) groups is 3. The molecular weight excluding hydrogens is 466 g/mol. The van der Waals surface area contributed by atoms with Crippen LogP contribution in [-0.4, -0.2) is 24.1 Å². The number of carbonyl (C=O) groups excluding carboxylic acids is 3. The average Bonchev–Trinajstić information content (AvgIpc) is 2.80. The molecule has 0 saturated heterocycles. The van der Waals surface area contributed by atoms with E-state index >= 15 is 0 Å². The maximum Gasteiger partial charge on any atom is 0.262 e. The molecule has 0 unspecified atom stereocenters. The van der Waals surface area contributed by atoms with Gasteiger partial charge in [-0.15, -0.1) is 0 Å². The van der Waals surface area contributed by atoms with Gasteiger partial charge in [0.15, 0.2) is 18.2 Å². The molecule has 0 saturated carbocycles. The zero-order chi connectivity index (χ0) is 26.4. The molecule has 0 aromatic heterocycles. The Morgan fingerprint density at radius 1 is 0.838 bits per heavy atom. The molecule has 1 amide bonds. The molecule has 2 aliphatic carbocycles. The van der Waals surface area contributed by atoms with Gasteiger partial charge < -0.3 is 14.8 Å². The van der Waals surface area contributed by atoms with Gasteiger partial charge in [-0.05, 0) is 29.0 Å². The van der Waals surface area contributed by atoms with E-state index in [0.29, 0.717) is 65.3 Å². The van der Waals surface area contributed by atoms with Gasteiger partial charge in [-0.1, -0.05) is 64.1 Å². The Morgan fingerprint density at radius 3 is 1.97 bits per heavy atom. The lowest BCUT2D eigenvalue weighted by molar-refractivity contribution is -0.121. The van der Waals surface area contributed by atoms with Gasteiger partial charge in [-0.25, -0.2) is 0 Å². The number of hydrogen-bond acceptors (Lipinski definition) is 5. The maximum atomic E-state index is 13.5. The van der Waals surface area contributed by atoms with Crippen molar-refractivity contribution < 1.29 is 23.9 Å². The normalized spacial score (nSPS) is 20.6. The fourth-order valence-corrected chi connectivity index (χ4v) is 5.70.